The molecule has 5 heteroatoms. The second-order valence-electron chi connectivity index (χ2n) is 12.3. The number of nitrogens with zero attached hydrogens (tertiary/aromatic N) is 5. The van der Waals surface area contributed by atoms with E-state index in [9.17, 15) is 15.8 Å². The summed E-state index contributed by atoms with van der Waals surface area (Å²) in [7, 11) is 0. The molecule has 2 heterocycles. The molecule has 50 heavy (non-hydrogen) atoms. The van der Waals surface area contributed by atoms with Gasteiger partial charge in [0.05, 0.1) is 56.6 Å². The SMILES string of the molecule is N#Cc1ccc(-n2c3ccccc3c3ccccc32)c(-c2cccc(-c3ccc(-n4c5ccccc5c5cc(C#N)ccc54)cc3)c2C#N)c1. The molecule has 0 saturated carbocycles. The largest absolute Gasteiger partial charge is 0.309 e. The Morgan fingerprint density at radius 1 is 0.380 bits per heavy atom. The number of aromatic nitrogens is 2. The van der Waals surface area contributed by atoms with E-state index in [4.69, 9.17) is 0 Å². The van der Waals surface area contributed by atoms with Crippen molar-refractivity contribution in [1.82, 2.24) is 9.13 Å². The minimum Gasteiger partial charge on any atom is -0.309 e. The smallest absolute Gasteiger partial charge is 0.100 e. The van der Waals surface area contributed by atoms with Crippen molar-refractivity contribution in [3.8, 4) is 51.8 Å². The molecule has 2 aromatic heterocycles. The zero-order valence-electron chi connectivity index (χ0n) is 26.7. The van der Waals surface area contributed by atoms with Gasteiger partial charge < -0.3 is 9.13 Å². The molecule has 0 bridgehead atoms. The van der Waals surface area contributed by atoms with E-state index < -0.39 is 0 Å². The van der Waals surface area contributed by atoms with Gasteiger partial charge in [0.2, 0.25) is 0 Å². The standard InChI is InChI=1S/C45H25N5/c46-26-29-17-23-45(50-42-14-5-1-8-35(42)36-9-2-6-15-43(36)50)38(24-29)34-12-7-11-33(40(34)28-48)31-18-20-32(21-19-31)49-41-13-4-3-10-37(41)39-25-30(27-47)16-22-44(39)49/h1-25H. The molecule has 0 spiro atoms. The Bertz CT molecular complexity index is 2900. The molecule has 0 unspecified atom stereocenters. The lowest BCUT2D eigenvalue weighted by Crippen LogP contribution is -2.00. The second kappa shape index (κ2) is 11.4. The Labute approximate surface area is 287 Å². The average Bonchev–Trinajstić information content (AvgIpc) is 3.70. The van der Waals surface area contributed by atoms with E-state index in [0.29, 0.717) is 16.7 Å². The van der Waals surface area contributed by atoms with Gasteiger partial charge in [-0.1, -0.05) is 84.9 Å². The van der Waals surface area contributed by atoms with Gasteiger partial charge in [0, 0.05) is 43.9 Å². The molecular weight excluding hydrogens is 611 g/mol. The van der Waals surface area contributed by atoms with Gasteiger partial charge in [-0.25, -0.2) is 0 Å². The average molecular weight is 636 g/mol. The van der Waals surface area contributed by atoms with Crippen molar-refractivity contribution in [3.63, 3.8) is 0 Å². The third-order valence-electron chi connectivity index (χ3n) is 9.65. The normalized spacial score (nSPS) is 11.1. The highest BCUT2D eigenvalue weighted by Crippen LogP contribution is 2.40. The lowest BCUT2D eigenvalue weighted by molar-refractivity contribution is 1.18. The summed E-state index contributed by atoms with van der Waals surface area (Å²) in [4.78, 5) is 0. The molecule has 0 atom stereocenters. The van der Waals surface area contributed by atoms with Crippen LogP contribution in [0.3, 0.4) is 0 Å². The fraction of sp³-hybridized carbons (Fsp3) is 0. The van der Waals surface area contributed by atoms with Crippen molar-refractivity contribution >= 4 is 43.6 Å². The summed E-state index contributed by atoms with van der Waals surface area (Å²) in [6.07, 6.45) is 0. The summed E-state index contributed by atoms with van der Waals surface area (Å²) in [6.45, 7) is 0. The Balaban J connectivity index is 1.21. The fourth-order valence-electron chi connectivity index (χ4n) is 7.45. The molecule has 0 aliphatic heterocycles. The molecule has 0 aliphatic rings. The molecule has 230 valence electrons. The first-order valence-electron chi connectivity index (χ1n) is 16.3. The zero-order chi connectivity index (χ0) is 33.8. The van der Waals surface area contributed by atoms with Crippen LogP contribution in [0.25, 0.3) is 77.2 Å². The van der Waals surface area contributed by atoms with Crippen LogP contribution in [0.1, 0.15) is 16.7 Å². The van der Waals surface area contributed by atoms with Crippen molar-refractivity contribution in [3.05, 3.63) is 168 Å². The zero-order valence-corrected chi connectivity index (χ0v) is 26.7. The summed E-state index contributed by atoms with van der Waals surface area (Å²) in [5, 5.41) is 34.6. The van der Waals surface area contributed by atoms with E-state index in [0.717, 1.165) is 77.2 Å². The molecule has 0 N–H and O–H groups in total. The van der Waals surface area contributed by atoms with Gasteiger partial charge in [-0.15, -0.1) is 0 Å². The van der Waals surface area contributed by atoms with Crippen LogP contribution < -0.4 is 0 Å². The summed E-state index contributed by atoms with van der Waals surface area (Å²) in [5.74, 6) is 0. The van der Waals surface area contributed by atoms with E-state index in [1.807, 2.05) is 91.0 Å². The summed E-state index contributed by atoms with van der Waals surface area (Å²) in [6, 6.07) is 57.7. The summed E-state index contributed by atoms with van der Waals surface area (Å²) >= 11 is 0. The van der Waals surface area contributed by atoms with Crippen LogP contribution in [0.5, 0.6) is 0 Å². The minimum atomic E-state index is 0.524. The summed E-state index contributed by atoms with van der Waals surface area (Å²) < 4.78 is 4.44. The van der Waals surface area contributed by atoms with Crippen LogP contribution in [0, 0.1) is 34.0 Å². The second-order valence-corrected chi connectivity index (χ2v) is 12.3. The number of nitriles is 3. The van der Waals surface area contributed by atoms with Crippen molar-refractivity contribution < 1.29 is 0 Å². The first kappa shape index (κ1) is 28.8. The molecule has 0 fully saturated rings. The number of hydrogen-bond donors (Lipinski definition) is 0. The van der Waals surface area contributed by atoms with Crippen molar-refractivity contribution in [1.29, 1.82) is 15.8 Å². The van der Waals surface area contributed by atoms with Crippen LogP contribution in [-0.4, -0.2) is 9.13 Å². The lowest BCUT2D eigenvalue weighted by atomic mass is 9.91. The van der Waals surface area contributed by atoms with E-state index >= 15 is 0 Å². The Morgan fingerprint density at radius 2 is 0.920 bits per heavy atom. The van der Waals surface area contributed by atoms with Crippen molar-refractivity contribution in [2.45, 2.75) is 0 Å². The van der Waals surface area contributed by atoms with E-state index in [1.54, 1.807) is 0 Å². The first-order chi connectivity index (χ1) is 24.7. The highest BCUT2D eigenvalue weighted by atomic mass is 15.0. The number of rotatable bonds is 4. The highest BCUT2D eigenvalue weighted by Gasteiger charge is 2.20. The molecule has 0 radical (unpaired) electrons. The van der Waals surface area contributed by atoms with Crippen LogP contribution in [0.15, 0.2) is 152 Å². The Morgan fingerprint density at radius 3 is 1.56 bits per heavy atom. The van der Waals surface area contributed by atoms with Gasteiger partial charge in [-0.2, -0.15) is 15.8 Å². The van der Waals surface area contributed by atoms with Gasteiger partial charge >= 0.3 is 0 Å². The third-order valence-corrected chi connectivity index (χ3v) is 9.65. The maximum Gasteiger partial charge on any atom is 0.100 e. The third kappa shape index (κ3) is 4.31. The topological polar surface area (TPSA) is 81.2 Å². The maximum atomic E-state index is 10.7. The molecule has 5 nitrogen and oxygen atoms in total. The molecule has 0 saturated heterocycles. The fourth-order valence-corrected chi connectivity index (χ4v) is 7.45. The molecular formula is C45H25N5. The monoisotopic (exact) mass is 635 g/mol. The maximum absolute atomic E-state index is 10.7. The molecule has 0 aliphatic carbocycles. The van der Waals surface area contributed by atoms with Gasteiger partial charge in [0.15, 0.2) is 0 Å². The van der Waals surface area contributed by atoms with E-state index in [-0.39, 0.29) is 0 Å². The van der Waals surface area contributed by atoms with Crippen molar-refractivity contribution in [2.24, 2.45) is 0 Å². The quantitative estimate of drug-likeness (QED) is 0.193. The molecule has 0 amide bonds. The number of benzene rings is 7. The summed E-state index contributed by atoms with van der Waals surface area (Å²) in [5.41, 5.74) is 11.1. The van der Waals surface area contributed by atoms with Crippen LogP contribution in [0.2, 0.25) is 0 Å². The highest BCUT2D eigenvalue weighted by molar-refractivity contribution is 6.11. The van der Waals surface area contributed by atoms with Crippen LogP contribution in [0.4, 0.5) is 0 Å². The molecule has 7 aromatic carbocycles. The van der Waals surface area contributed by atoms with Gasteiger partial charge in [0.1, 0.15) is 6.07 Å². The number of fused-ring (bicyclic) bond motifs is 6. The van der Waals surface area contributed by atoms with Crippen molar-refractivity contribution in [2.75, 3.05) is 0 Å². The van der Waals surface area contributed by atoms with Gasteiger partial charge in [-0.3, -0.25) is 0 Å². The lowest BCUT2D eigenvalue weighted by Gasteiger charge is -2.17. The van der Waals surface area contributed by atoms with E-state index in [1.165, 1.54) is 0 Å². The number of hydrogen-bond acceptors (Lipinski definition) is 3. The van der Waals surface area contributed by atoms with Crippen LogP contribution in [-0.2, 0) is 0 Å². The first-order valence-corrected chi connectivity index (χ1v) is 16.3. The minimum absolute atomic E-state index is 0.524. The number of para-hydroxylation sites is 3. The Kier molecular flexibility index (Phi) is 6.56. The van der Waals surface area contributed by atoms with Gasteiger partial charge in [0.25, 0.3) is 0 Å². The van der Waals surface area contributed by atoms with Crippen LogP contribution >= 0.6 is 0 Å². The molecule has 9 rings (SSSR count). The Hall–Kier alpha value is -7.39. The molecule has 9 aromatic rings. The van der Waals surface area contributed by atoms with E-state index in [2.05, 4.69) is 88.0 Å². The predicted octanol–water partition coefficient (Wildman–Crippen LogP) is 10.8. The predicted molar refractivity (Wildman–Crippen MR) is 200 cm³/mol. The van der Waals surface area contributed by atoms with Gasteiger partial charge in [-0.05, 0) is 72.3 Å².